The van der Waals surface area contributed by atoms with Gasteiger partial charge in [0.15, 0.2) is 5.65 Å². The molecule has 1 fully saturated rings. The van der Waals surface area contributed by atoms with Crippen LogP contribution in [-0.4, -0.2) is 34.3 Å². The van der Waals surface area contributed by atoms with E-state index in [1.165, 1.54) is 30.2 Å². The molecular formula is C22H23N5O2S. The van der Waals surface area contributed by atoms with Crippen LogP contribution in [0.1, 0.15) is 38.5 Å². The van der Waals surface area contributed by atoms with Crippen LogP contribution in [0.25, 0.3) is 16.6 Å². The van der Waals surface area contributed by atoms with Crippen LogP contribution in [0.5, 0.6) is 0 Å². The number of nitrogens with one attached hydrogen (secondary N) is 1. The Labute approximate surface area is 175 Å². The largest absolute Gasteiger partial charge is 0.367 e. The zero-order chi connectivity index (χ0) is 20.6. The van der Waals surface area contributed by atoms with Crippen molar-refractivity contribution in [3.63, 3.8) is 0 Å². The van der Waals surface area contributed by atoms with Crippen LogP contribution in [0.4, 0.5) is 5.82 Å². The minimum Gasteiger partial charge on any atom is -0.367 e. The molecule has 0 atom stereocenters. The number of nitrogens with zero attached hydrogens (tertiary/aromatic N) is 4. The molecule has 0 aliphatic heterocycles. The third-order valence-corrected chi connectivity index (χ3v) is 7.39. The molecule has 0 amide bonds. The van der Waals surface area contributed by atoms with E-state index >= 15 is 0 Å². The molecule has 0 radical (unpaired) electrons. The van der Waals surface area contributed by atoms with Crippen molar-refractivity contribution in [3.05, 3.63) is 54.6 Å². The van der Waals surface area contributed by atoms with E-state index < -0.39 is 9.84 Å². The molecule has 1 aliphatic rings. The van der Waals surface area contributed by atoms with Gasteiger partial charge < -0.3 is 5.32 Å². The molecule has 0 bridgehead atoms. The number of aromatic nitrogens is 4. The number of hydrogen-bond donors (Lipinski definition) is 1. The molecule has 7 nitrogen and oxygen atoms in total. The van der Waals surface area contributed by atoms with Gasteiger partial charge in [-0.05, 0) is 37.1 Å². The van der Waals surface area contributed by atoms with Gasteiger partial charge in [-0.15, -0.1) is 5.10 Å². The van der Waals surface area contributed by atoms with Crippen molar-refractivity contribution in [2.24, 2.45) is 0 Å². The first-order chi connectivity index (χ1) is 14.6. The Balaban J connectivity index is 1.68. The molecule has 2 heterocycles. The highest BCUT2D eigenvalue weighted by molar-refractivity contribution is 7.91. The number of anilines is 1. The molecule has 2 aromatic heterocycles. The quantitative estimate of drug-likeness (QED) is 0.496. The summed E-state index contributed by atoms with van der Waals surface area (Å²) in [6, 6.07) is 16.4. The summed E-state index contributed by atoms with van der Waals surface area (Å²) in [4.78, 5) is 4.91. The molecule has 0 unspecified atom stereocenters. The summed E-state index contributed by atoms with van der Waals surface area (Å²) in [6.07, 6.45) is 7.09. The number of rotatable bonds is 4. The van der Waals surface area contributed by atoms with Gasteiger partial charge in [-0.1, -0.05) is 61.2 Å². The van der Waals surface area contributed by atoms with Gasteiger partial charge in [0.1, 0.15) is 5.82 Å². The first kappa shape index (κ1) is 19.0. The minimum absolute atomic E-state index is 0.122. The SMILES string of the molecule is O=S(=O)(c1ccccc1)c1nnn2c1nc(NC1CCCCCC1)c1ccccc12. The zero-order valence-corrected chi connectivity index (χ0v) is 17.3. The average molecular weight is 422 g/mol. The van der Waals surface area contributed by atoms with E-state index in [9.17, 15) is 8.42 Å². The van der Waals surface area contributed by atoms with Crippen LogP contribution in [0, 0.1) is 0 Å². The molecule has 2 aromatic carbocycles. The zero-order valence-electron chi connectivity index (χ0n) is 16.5. The number of hydrogen-bond acceptors (Lipinski definition) is 6. The lowest BCUT2D eigenvalue weighted by Crippen LogP contribution is -2.19. The summed E-state index contributed by atoms with van der Waals surface area (Å²) in [6.45, 7) is 0. The van der Waals surface area contributed by atoms with E-state index in [1.807, 2.05) is 24.3 Å². The number of benzene rings is 2. The van der Waals surface area contributed by atoms with Crippen LogP contribution in [0.2, 0.25) is 0 Å². The highest BCUT2D eigenvalue weighted by Crippen LogP contribution is 2.29. The summed E-state index contributed by atoms with van der Waals surface area (Å²) in [7, 11) is -3.83. The summed E-state index contributed by atoms with van der Waals surface area (Å²) in [5.74, 6) is 0.691. The Morgan fingerprint density at radius 1 is 0.900 bits per heavy atom. The fourth-order valence-corrected chi connectivity index (χ4v) is 5.41. The second-order valence-corrected chi connectivity index (χ2v) is 9.62. The monoisotopic (exact) mass is 421 g/mol. The van der Waals surface area contributed by atoms with Gasteiger partial charge in [0.2, 0.25) is 14.9 Å². The van der Waals surface area contributed by atoms with E-state index in [-0.39, 0.29) is 15.6 Å². The molecular weight excluding hydrogens is 398 g/mol. The lowest BCUT2D eigenvalue weighted by molar-refractivity contribution is 0.592. The topological polar surface area (TPSA) is 89.2 Å². The predicted octanol–water partition coefficient (Wildman–Crippen LogP) is 4.25. The minimum atomic E-state index is -3.83. The summed E-state index contributed by atoms with van der Waals surface area (Å²) >= 11 is 0. The Bertz CT molecular complexity index is 1290. The normalized spacial score (nSPS) is 16.0. The Morgan fingerprint density at radius 2 is 1.60 bits per heavy atom. The third-order valence-electron chi connectivity index (χ3n) is 5.73. The lowest BCUT2D eigenvalue weighted by Gasteiger charge is -2.18. The first-order valence-corrected chi connectivity index (χ1v) is 11.8. The average Bonchev–Trinajstić information content (AvgIpc) is 3.05. The van der Waals surface area contributed by atoms with Crippen molar-refractivity contribution in [1.29, 1.82) is 0 Å². The molecule has 4 aromatic rings. The molecule has 1 N–H and O–H groups in total. The van der Waals surface area contributed by atoms with Crippen LogP contribution in [-0.2, 0) is 9.84 Å². The number of sulfone groups is 1. The van der Waals surface area contributed by atoms with E-state index in [0.717, 1.165) is 23.7 Å². The maximum atomic E-state index is 13.2. The number of para-hydroxylation sites is 1. The van der Waals surface area contributed by atoms with Crippen LogP contribution in [0.3, 0.4) is 0 Å². The van der Waals surface area contributed by atoms with Crippen molar-refractivity contribution >= 4 is 32.2 Å². The fraction of sp³-hybridized carbons (Fsp3) is 0.318. The first-order valence-electron chi connectivity index (χ1n) is 10.4. The van der Waals surface area contributed by atoms with Crippen molar-refractivity contribution < 1.29 is 8.42 Å². The van der Waals surface area contributed by atoms with Gasteiger partial charge in [-0.3, -0.25) is 0 Å². The summed E-state index contributed by atoms with van der Waals surface area (Å²) in [5, 5.41) is 12.5. The van der Waals surface area contributed by atoms with Gasteiger partial charge in [0, 0.05) is 11.4 Å². The Hall–Kier alpha value is -3.00. The smallest absolute Gasteiger partial charge is 0.229 e. The molecule has 1 saturated carbocycles. The summed E-state index contributed by atoms with van der Waals surface area (Å²) < 4.78 is 27.9. The molecule has 154 valence electrons. The van der Waals surface area contributed by atoms with Crippen LogP contribution in [0.15, 0.2) is 64.5 Å². The Morgan fingerprint density at radius 3 is 2.37 bits per heavy atom. The van der Waals surface area contributed by atoms with Crippen molar-refractivity contribution in [3.8, 4) is 0 Å². The Kier molecular flexibility index (Phi) is 4.86. The summed E-state index contributed by atoms with van der Waals surface area (Å²) in [5.41, 5.74) is 1.02. The van der Waals surface area contributed by atoms with Gasteiger partial charge in [-0.2, -0.15) is 4.52 Å². The van der Waals surface area contributed by atoms with E-state index in [0.29, 0.717) is 11.9 Å². The molecule has 8 heteroatoms. The fourth-order valence-electron chi connectivity index (χ4n) is 4.16. The van der Waals surface area contributed by atoms with Crippen molar-refractivity contribution in [2.75, 3.05) is 5.32 Å². The predicted molar refractivity (Wildman–Crippen MR) is 115 cm³/mol. The van der Waals surface area contributed by atoms with Crippen LogP contribution < -0.4 is 5.32 Å². The number of fused-ring (bicyclic) bond motifs is 3. The molecule has 0 spiro atoms. The lowest BCUT2D eigenvalue weighted by atomic mass is 10.1. The maximum absolute atomic E-state index is 13.2. The van der Waals surface area contributed by atoms with Crippen molar-refractivity contribution in [1.82, 2.24) is 19.8 Å². The standard InChI is InChI=1S/C22H23N5O2S/c28-30(29,17-12-6-3-7-13-17)22-21-24-20(23-16-10-4-1-2-5-11-16)18-14-8-9-15-19(18)27(21)26-25-22/h3,6-9,12-16H,1-2,4-5,10-11H2,(H,23,24). The van der Waals surface area contributed by atoms with Gasteiger partial charge in [0.25, 0.3) is 0 Å². The van der Waals surface area contributed by atoms with E-state index in [1.54, 1.807) is 30.3 Å². The van der Waals surface area contributed by atoms with E-state index in [4.69, 9.17) is 4.98 Å². The van der Waals surface area contributed by atoms with Gasteiger partial charge in [-0.25, -0.2) is 13.4 Å². The maximum Gasteiger partial charge on any atom is 0.229 e. The third kappa shape index (κ3) is 3.31. The molecule has 1 aliphatic carbocycles. The van der Waals surface area contributed by atoms with Gasteiger partial charge >= 0.3 is 0 Å². The second-order valence-electron chi connectivity index (χ2n) is 7.76. The van der Waals surface area contributed by atoms with Crippen LogP contribution >= 0.6 is 0 Å². The van der Waals surface area contributed by atoms with Gasteiger partial charge in [0.05, 0.1) is 10.4 Å². The highest BCUT2D eigenvalue weighted by atomic mass is 32.2. The molecule has 5 rings (SSSR count). The van der Waals surface area contributed by atoms with E-state index in [2.05, 4.69) is 15.6 Å². The van der Waals surface area contributed by atoms with Crippen molar-refractivity contribution in [2.45, 2.75) is 54.5 Å². The molecule has 30 heavy (non-hydrogen) atoms. The second kappa shape index (κ2) is 7.68. The molecule has 0 saturated heterocycles. The highest BCUT2D eigenvalue weighted by Gasteiger charge is 2.27.